The van der Waals surface area contributed by atoms with Crippen molar-refractivity contribution in [2.24, 2.45) is 0 Å². The highest BCUT2D eigenvalue weighted by molar-refractivity contribution is 5.83. The molecule has 2 heterocycles. The lowest BCUT2D eigenvalue weighted by Gasteiger charge is -2.18. The molecule has 0 aliphatic carbocycles. The van der Waals surface area contributed by atoms with Crippen LogP contribution in [0, 0.1) is 0 Å². The molecule has 2 aromatic heterocycles. The van der Waals surface area contributed by atoms with Gasteiger partial charge < -0.3 is 5.32 Å². The van der Waals surface area contributed by atoms with Crippen LogP contribution < -0.4 is 5.32 Å². The second kappa shape index (κ2) is 7.70. The summed E-state index contributed by atoms with van der Waals surface area (Å²) in [6.07, 6.45) is 4.13. The van der Waals surface area contributed by atoms with Crippen molar-refractivity contribution in [2.75, 3.05) is 0 Å². The lowest BCUT2D eigenvalue weighted by atomic mass is 9.95. The van der Waals surface area contributed by atoms with Gasteiger partial charge in [0.1, 0.15) is 5.82 Å². The third-order valence-electron chi connectivity index (χ3n) is 4.14. The zero-order valence-electron chi connectivity index (χ0n) is 14.3. The van der Waals surface area contributed by atoms with Crippen molar-refractivity contribution in [1.82, 2.24) is 25.5 Å². The predicted molar refractivity (Wildman–Crippen MR) is 95.6 cm³/mol. The Labute approximate surface area is 146 Å². The lowest BCUT2D eigenvalue weighted by Crippen LogP contribution is -2.32. The number of hydrogen-bond donors (Lipinski definition) is 2. The number of hydrogen-bond acceptors (Lipinski definition) is 4. The summed E-state index contributed by atoms with van der Waals surface area (Å²) in [7, 11) is 0. The fourth-order valence-electron chi connectivity index (χ4n) is 2.74. The zero-order chi connectivity index (χ0) is 17.6. The molecule has 25 heavy (non-hydrogen) atoms. The Morgan fingerprint density at radius 3 is 2.56 bits per heavy atom. The van der Waals surface area contributed by atoms with E-state index < -0.39 is 0 Å². The first-order chi connectivity index (χ1) is 12.2. The average Bonchev–Trinajstić information content (AvgIpc) is 3.14. The number of nitrogens with one attached hydrogen (secondary N) is 2. The monoisotopic (exact) mass is 335 g/mol. The molecule has 3 aromatic rings. The topological polar surface area (TPSA) is 83.6 Å². The smallest absolute Gasteiger partial charge is 0.228 e. The summed E-state index contributed by atoms with van der Waals surface area (Å²) in [5.74, 6) is 1.03. The molecule has 2 N–H and O–H groups in total. The van der Waals surface area contributed by atoms with Crippen molar-refractivity contribution in [3.8, 4) is 11.4 Å². The van der Waals surface area contributed by atoms with Gasteiger partial charge in [-0.15, -0.1) is 0 Å². The standard InChI is InChI=1S/C19H21N5O/c1-3-16(14-7-5-4-6-8-14)19(25)21-13(2)17-22-18(24-23-17)15-9-11-20-12-10-15/h4-13,16H,3H2,1-2H3,(H,21,25)(H,22,23,24). The number of pyridine rings is 1. The summed E-state index contributed by atoms with van der Waals surface area (Å²) in [5, 5.41) is 10.2. The number of aromatic nitrogens is 4. The number of rotatable bonds is 6. The van der Waals surface area contributed by atoms with E-state index in [1.165, 1.54) is 0 Å². The van der Waals surface area contributed by atoms with Crippen molar-refractivity contribution < 1.29 is 4.79 Å². The van der Waals surface area contributed by atoms with Gasteiger partial charge in [0.25, 0.3) is 0 Å². The second-order valence-electron chi connectivity index (χ2n) is 5.88. The van der Waals surface area contributed by atoms with Crippen LogP contribution in [-0.4, -0.2) is 26.1 Å². The van der Waals surface area contributed by atoms with Crippen LogP contribution in [0.1, 0.15) is 43.6 Å². The Balaban J connectivity index is 1.70. The van der Waals surface area contributed by atoms with Crippen LogP contribution in [0.4, 0.5) is 0 Å². The van der Waals surface area contributed by atoms with Crippen molar-refractivity contribution in [1.29, 1.82) is 0 Å². The zero-order valence-corrected chi connectivity index (χ0v) is 14.3. The van der Waals surface area contributed by atoms with Gasteiger partial charge in [0.15, 0.2) is 5.82 Å². The minimum absolute atomic E-state index is 0.0111. The molecule has 0 aliphatic heterocycles. The molecule has 0 fully saturated rings. The van der Waals surface area contributed by atoms with Crippen LogP contribution in [0.2, 0.25) is 0 Å². The maximum absolute atomic E-state index is 12.7. The normalized spacial score (nSPS) is 13.2. The van der Waals surface area contributed by atoms with Gasteiger partial charge in [-0.3, -0.25) is 14.9 Å². The Morgan fingerprint density at radius 1 is 1.16 bits per heavy atom. The summed E-state index contributed by atoms with van der Waals surface area (Å²) in [6.45, 7) is 3.91. The van der Waals surface area contributed by atoms with E-state index in [1.807, 2.05) is 56.3 Å². The van der Waals surface area contributed by atoms with E-state index in [0.717, 1.165) is 17.5 Å². The molecule has 1 aromatic carbocycles. The average molecular weight is 335 g/mol. The Bertz CT molecular complexity index is 816. The SMILES string of the molecule is CCC(C(=O)NC(C)c1nc(-c2ccncc2)n[nH]1)c1ccccc1. The molecule has 1 amide bonds. The minimum Gasteiger partial charge on any atom is -0.346 e. The van der Waals surface area contributed by atoms with E-state index in [2.05, 4.69) is 25.5 Å². The van der Waals surface area contributed by atoms with Crippen LogP contribution in [-0.2, 0) is 4.79 Å². The van der Waals surface area contributed by atoms with Crippen LogP contribution in [0.5, 0.6) is 0 Å². The van der Waals surface area contributed by atoms with E-state index in [4.69, 9.17) is 0 Å². The van der Waals surface area contributed by atoms with Crippen LogP contribution in [0.3, 0.4) is 0 Å². The molecule has 3 rings (SSSR count). The van der Waals surface area contributed by atoms with E-state index in [0.29, 0.717) is 11.6 Å². The fraction of sp³-hybridized carbons (Fsp3) is 0.263. The molecule has 0 saturated heterocycles. The predicted octanol–water partition coefficient (Wildman–Crippen LogP) is 3.24. The summed E-state index contributed by atoms with van der Waals surface area (Å²) < 4.78 is 0. The molecular formula is C19H21N5O. The first kappa shape index (κ1) is 16.8. The highest BCUT2D eigenvalue weighted by Crippen LogP contribution is 2.21. The summed E-state index contributed by atoms with van der Waals surface area (Å²) in [6, 6.07) is 13.2. The number of carbonyl (C=O) groups excluding carboxylic acids is 1. The van der Waals surface area contributed by atoms with E-state index in [-0.39, 0.29) is 17.9 Å². The first-order valence-corrected chi connectivity index (χ1v) is 8.37. The van der Waals surface area contributed by atoms with Crippen molar-refractivity contribution in [3.63, 3.8) is 0 Å². The van der Waals surface area contributed by atoms with Gasteiger partial charge in [0.2, 0.25) is 5.91 Å². The maximum Gasteiger partial charge on any atom is 0.228 e. The molecule has 0 bridgehead atoms. The number of amides is 1. The van der Waals surface area contributed by atoms with Gasteiger partial charge in [0, 0.05) is 18.0 Å². The van der Waals surface area contributed by atoms with Gasteiger partial charge in [0.05, 0.1) is 12.0 Å². The molecule has 6 heteroatoms. The van der Waals surface area contributed by atoms with Crippen molar-refractivity contribution >= 4 is 5.91 Å². The number of aromatic amines is 1. The number of H-pyrrole nitrogens is 1. The van der Waals surface area contributed by atoms with Crippen LogP contribution in [0.15, 0.2) is 54.9 Å². The molecule has 2 atom stereocenters. The molecule has 0 aliphatic rings. The lowest BCUT2D eigenvalue weighted by molar-refractivity contribution is -0.123. The van der Waals surface area contributed by atoms with Crippen LogP contribution >= 0.6 is 0 Å². The highest BCUT2D eigenvalue weighted by atomic mass is 16.1. The third kappa shape index (κ3) is 3.91. The maximum atomic E-state index is 12.7. The molecule has 2 unspecified atom stereocenters. The highest BCUT2D eigenvalue weighted by Gasteiger charge is 2.22. The molecular weight excluding hydrogens is 314 g/mol. The Kier molecular flexibility index (Phi) is 5.18. The fourth-order valence-corrected chi connectivity index (χ4v) is 2.74. The van der Waals surface area contributed by atoms with E-state index in [9.17, 15) is 4.79 Å². The van der Waals surface area contributed by atoms with E-state index in [1.54, 1.807) is 12.4 Å². The molecule has 128 valence electrons. The number of carbonyl (C=O) groups is 1. The minimum atomic E-state index is -0.256. The molecule has 0 spiro atoms. The summed E-state index contributed by atoms with van der Waals surface area (Å²) in [5.41, 5.74) is 1.90. The third-order valence-corrected chi connectivity index (χ3v) is 4.14. The van der Waals surface area contributed by atoms with Crippen LogP contribution in [0.25, 0.3) is 11.4 Å². The van der Waals surface area contributed by atoms with Gasteiger partial charge >= 0.3 is 0 Å². The van der Waals surface area contributed by atoms with Gasteiger partial charge in [-0.1, -0.05) is 37.3 Å². The Hall–Kier alpha value is -3.02. The van der Waals surface area contributed by atoms with Gasteiger partial charge in [-0.25, -0.2) is 4.98 Å². The van der Waals surface area contributed by atoms with Crippen molar-refractivity contribution in [3.05, 3.63) is 66.2 Å². The molecule has 0 radical (unpaired) electrons. The number of benzene rings is 1. The summed E-state index contributed by atoms with van der Waals surface area (Å²) in [4.78, 5) is 21.1. The molecule has 0 saturated carbocycles. The van der Waals surface area contributed by atoms with Gasteiger partial charge in [-0.05, 0) is 31.0 Å². The van der Waals surface area contributed by atoms with E-state index >= 15 is 0 Å². The second-order valence-corrected chi connectivity index (χ2v) is 5.88. The van der Waals surface area contributed by atoms with Crippen molar-refractivity contribution in [2.45, 2.75) is 32.2 Å². The first-order valence-electron chi connectivity index (χ1n) is 8.37. The van der Waals surface area contributed by atoms with Gasteiger partial charge in [-0.2, -0.15) is 5.10 Å². The quantitative estimate of drug-likeness (QED) is 0.724. The largest absolute Gasteiger partial charge is 0.346 e. The summed E-state index contributed by atoms with van der Waals surface area (Å²) >= 11 is 0. The number of nitrogens with zero attached hydrogens (tertiary/aromatic N) is 3. The Morgan fingerprint density at radius 2 is 1.88 bits per heavy atom. The molecule has 6 nitrogen and oxygen atoms in total.